The fourth-order valence-electron chi connectivity index (χ4n) is 2.65. The van der Waals surface area contributed by atoms with E-state index in [0.717, 1.165) is 29.9 Å². The summed E-state index contributed by atoms with van der Waals surface area (Å²) in [5.74, 6) is -0.182. The smallest absolute Gasteiger partial charge is 0.271 e. The highest BCUT2D eigenvalue weighted by molar-refractivity contribution is 5.93. The zero-order chi connectivity index (χ0) is 18.0. The highest BCUT2D eigenvalue weighted by Crippen LogP contribution is 2.22. The molecule has 0 aliphatic heterocycles. The first-order valence-corrected chi connectivity index (χ1v) is 8.24. The number of hydrogen-bond acceptors (Lipinski definition) is 5. The molecule has 1 amide bonds. The van der Waals surface area contributed by atoms with E-state index in [1.165, 1.54) is 0 Å². The predicted molar refractivity (Wildman–Crippen MR) is 95.4 cm³/mol. The molecular formula is C17H23N7O. The number of rotatable bonds is 6. The summed E-state index contributed by atoms with van der Waals surface area (Å²) >= 11 is 0. The molecule has 0 bridgehead atoms. The summed E-state index contributed by atoms with van der Waals surface area (Å²) < 4.78 is 3.50. The normalized spacial score (nSPS) is 11.4. The van der Waals surface area contributed by atoms with Crippen molar-refractivity contribution in [1.82, 2.24) is 34.6 Å². The van der Waals surface area contributed by atoms with Gasteiger partial charge in [-0.25, -0.2) is 9.50 Å². The Balaban J connectivity index is 1.84. The highest BCUT2D eigenvalue weighted by Gasteiger charge is 2.16. The summed E-state index contributed by atoms with van der Waals surface area (Å²) in [5, 5.41) is 11.6. The van der Waals surface area contributed by atoms with Crippen molar-refractivity contribution in [2.24, 2.45) is 7.05 Å². The van der Waals surface area contributed by atoms with Gasteiger partial charge >= 0.3 is 0 Å². The zero-order valence-electron chi connectivity index (χ0n) is 15.0. The standard InChI is InChI=1S/C17H23N7O/c1-12-13(11-20-23(12)4)15-6-8-18-16-10-14(21-24(15)16)17(25)19-7-5-9-22(2)3/h6,8,10-11H,5,7,9H2,1-4H3,(H,19,25). The Labute approximate surface area is 146 Å². The van der Waals surface area contributed by atoms with Gasteiger partial charge in [0.2, 0.25) is 0 Å². The average Bonchev–Trinajstić information content (AvgIpc) is 3.15. The number of aryl methyl sites for hydroxylation is 1. The first-order chi connectivity index (χ1) is 12.0. The Bertz CT molecular complexity index is 894. The van der Waals surface area contributed by atoms with Crippen molar-refractivity contribution in [2.75, 3.05) is 27.2 Å². The van der Waals surface area contributed by atoms with Gasteiger partial charge in [0, 0.05) is 37.1 Å². The van der Waals surface area contributed by atoms with Crippen LogP contribution in [0.1, 0.15) is 22.6 Å². The van der Waals surface area contributed by atoms with Crippen LogP contribution >= 0.6 is 0 Å². The molecule has 0 aliphatic carbocycles. The minimum Gasteiger partial charge on any atom is -0.351 e. The molecule has 8 nitrogen and oxygen atoms in total. The van der Waals surface area contributed by atoms with Crippen molar-refractivity contribution in [2.45, 2.75) is 13.3 Å². The van der Waals surface area contributed by atoms with E-state index in [1.54, 1.807) is 23.0 Å². The van der Waals surface area contributed by atoms with Crippen LogP contribution in [0, 0.1) is 6.92 Å². The molecule has 0 saturated heterocycles. The Morgan fingerprint density at radius 3 is 2.84 bits per heavy atom. The summed E-state index contributed by atoms with van der Waals surface area (Å²) in [6, 6.07) is 3.58. The van der Waals surface area contributed by atoms with Crippen LogP contribution in [0.25, 0.3) is 16.9 Å². The number of amides is 1. The van der Waals surface area contributed by atoms with E-state index >= 15 is 0 Å². The van der Waals surface area contributed by atoms with Crippen LogP contribution in [0.4, 0.5) is 0 Å². The summed E-state index contributed by atoms with van der Waals surface area (Å²) in [5.41, 5.74) is 3.86. The Morgan fingerprint density at radius 1 is 1.36 bits per heavy atom. The molecule has 0 aliphatic rings. The number of fused-ring (bicyclic) bond motifs is 1. The van der Waals surface area contributed by atoms with Gasteiger partial charge in [0.25, 0.3) is 5.91 Å². The van der Waals surface area contributed by atoms with Crippen molar-refractivity contribution in [3.63, 3.8) is 0 Å². The third-order valence-electron chi connectivity index (χ3n) is 4.17. The zero-order valence-corrected chi connectivity index (χ0v) is 15.0. The van der Waals surface area contributed by atoms with E-state index in [1.807, 2.05) is 38.8 Å². The number of carbonyl (C=O) groups is 1. The Hall–Kier alpha value is -2.74. The van der Waals surface area contributed by atoms with E-state index in [9.17, 15) is 4.79 Å². The van der Waals surface area contributed by atoms with E-state index in [-0.39, 0.29) is 5.91 Å². The number of aromatic nitrogens is 5. The minimum absolute atomic E-state index is 0.182. The van der Waals surface area contributed by atoms with Crippen LogP contribution in [-0.2, 0) is 7.05 Å². The quantitative estimate of drug-likeness (QED) is 0.680. The first-order valence-electron chi connectivity index (χ1n) is 8.24. The average molecular weight is 341 g/mol. The third kappa shape index (κ3) is 3.53. The lowest BCUT2D eigenvalue weighted by atomic mass is 10.2. The highest BCUT2D eigenvalue weighted by atomic mass is 16.1. The van der Waals surface area contributed by atoms with Crippen molar-refractivity contribution >= 4 is 11.6 Å². The minimum atomic E-state index is -0.182. The third-order valence-corrected chi connectivity index (χ3v) is 4.17. The summed E-state index contributed by atoms with van der Waals surface area (Å²) in [6.07, 6.45) is 4.41. The molecule has 0 spiro atoms. The van der Waals surface area contributed by atoms with Crippen LogP contribution in [-0.4, -0.2) is 62.4 Å². The maximum absolute atomic E-state index is 12.3. The Kier molecular flexibility index (Phi) is 4.80. The van der Waals surface area contributed by atoms with Crippen LogP contribution in [0.3, 0.4) is 0 Å². The van der Waals surface area contributed by atoms with Crippen molar-refractivity contribution in [3.05, 3.63) is 35.9 Å². The van der Waals surface area contributed by atoms with Crippen LogP contribution in [0.2, 0.25) is 0 Å². The number of nitrogens with one attached hydrogen (secondary N) is 1. The molecule has 0 atom stereocenters. The fourth-order valence-corrected chi connectivity index (χ4v) is 2.65. The molecule has 3 heterocycles. The van der Waals surface area contributed by atoms with E-state index in [4.69, 9.17) is 0 Å². The number of nitrogens with zero attached hydrogens (tertiary/aromatic N) is 6. The monoisotopic (exact) mass is 341 g/mol. The van der Waals surface area contributed by atoms with E-state index < -0.39 is 0 Å². The first kappa shape index (κ1) is 17.1. The van der Waals surface area contributed by atoms with Crippen LogP contribution in [0.15, 0.2) is 24.5 Å². The number of carbonyl (C=O) groups excluding carboxylic acids is 1. The molecule has 3 rings (SSSR count). The summed E-state index contributed by atoms with van der Waals surface area (Å²) in [4.78, 5) is 18.7. The van der Waals surface area contributed by atoms with Gasteiger partial charge in [-0.2, -0.15) is 10.2 Å². The molecule has 3 aromatic rings. The fraction of sp³-hybridized carbons (Fsp3) is 0.412. The molecule has 0 radical (unpaired) electrons. The lowest BCUT2D eigenvalue weighted by molar-refractivity contribution is 0.0947. The van der Waals surface area contributed by atoms with Gasteiger partial charge in [-0.05, 0) is 40.1 Å². The Morgan fingerprint density at radius 2 is 2.16 bits per heavy atom. The van der Waals surface area contributed by atoms with Gasteiger partial charge in [-0.1, -0.05) is 0 Å². The second-order valence-electron chi connectivity index (χ2n) is 6.31. The summed E-state index contributed by atoms with van der Waals surface area (Å²) in [7, 11) is 5.92. The van der Waals surface area contributed by atoms with Gasteiger partial charge < -0.3 is 10.2 Å². The van der Waals surface area contributed by atoms with Gasteiger partial charge in [-0.3, -0.25) is 9.48 Å². The van der Waals surface area contributed by atoms with Crippen molar-refractivity contribution < 1.29 is 4.79 Å². The van der Waals surface area contributed by atoms with Crippen LogP contribution in [0.5, 0.6) is 0 Å². The SMILES string of the molecule is Cc1c(-c2ccnc3cc(C(=O)NCCCN(C)C)nn23)cnn1C. The molecule has 0 unspecified atom stereocenters. The van der Waals surface area contributed by atoms with Crippen molar-refractivity contribution in [3.8, 4) is 11.3 Å². The molecule has 1 N–H and O–H groups in total. The lowest BCUT2D eigenvalue weighted by Gasteiger charge is -2.09. The molecule has 0 saturated carbocycles. The largest absolute Gasteiger partial charge is 0.351 e. The van der Waals surface area contributed by atoms with Gasteiger partial charge in [0.05, 0.1) is 11.9 Å². The van der Waals surface area contributed by atoms with Gasteiger partial charge in [0.15, 0.2) is 11.3 Å². The molecule has 8 heteroatoms. The topological polar surface area (TPSA) is 80.3 Å². The molecule has 0 fully saturated rings. The second-order valence-corrected chi connectivity index (χ2v) is 6.31. The molecule has 132 valence electrons. The summed E-state index contributed by atoms with van der Waals surface area (Å²) in [6.45, 7) is 3.54. The van der Waals surface area contributed by atoms with E-state index in [0.29, 0.717) is 17.9 Å². The number of hydrogen-bond donors (Lipinski definition) is 1. The van der Waals surface area contributed by atoms with Gasteiger partial charge in [0.1, 0.15) is 0 Å². The maximum Gasteiger partial charge on any atom is 0.271 e. The molecular weight excluding hydrogens is 318 g/mol. The van der Waals surface area contributed by atoms with Crippen LogP contribution < -0.4 is 5.32 Å². The van der Waals surface area contributed by atoms with E-state index in [2.05, 4.69) is 25.4 Å². The molecule has 0 aromatic carbocycles. The molecule has 3 aromatic heterocycles. The van der Waals surface area contributed by atoms with Crippen molar-refractivity contribution in [1.29, 1.82) is 0 Å². The lowest BCUT2D eigenvalue weighted by Crippen LogP contribution is -2.27. The maximum atomic E-state index is 12.3. The molecule has 25 heavy (non-hydrogen) atoms. The van der Waals surface area contributed by atoms with Gasteiger partial charge in [-0.15, -0.1) is 0 Å². The predicted octanol–water partition coefficient (Wildman–Crippen LogP) is 1.12. The second kappa shape index (κ2) is 7.02.